The number of furan rings is 1. The Morgan fingerprint density at radius 3 is 2.03 bits per heavy atom. The molecular formula is C26H20N4O2. The molecule has 0 bridgehead atoms. The van der Waals surface area contributed by atoms with Gasteiger partial charge in [0, 0.05) is 11.1 Å². The molecule has 0 aliphatic rings. The van der Waals surface area contributed by atoms with E-state index in [9.17, 15) is 4.79 Å². The SMILES string of the molecule is NC(=O)[C@@H](Nc1ncnc2oc(-c3ccccc3)c(-c3ccccc3)c12)c1ccccc1. The van der Waals surface area contributed by atoms with Gasteiger partial charge in [0.2, 0.25) is 11.6 Å². The van der Waals surface area contributed by atoms with Crippen LogP contribution >= 0.6 is 0 Å². The lowest BCUT2D eigenvalue weighted by atomic mass is 9.99. The standard InChI is InChI=1S/C26H20N4O2/c27-24(31)22(18-12-6-2-7-13-18)30-25-21-20(17-10-4-1-5-11-17)23(19-14-8-3-9-15-19)32-26(21)29-16-28-25/h1-16,22H,(H2,27,31)(H,28,29,30)/t22-/m0/s1. The number of primary amides is 1. The van der Waals surface area contributed by atoms with Crippen molar-refractivity contribution >= 4 is 22.8 Å². The Hall–Kier alpha value is -4.45. The number of carbonyl (C=O) groups is 1. The number of amides is 1. The molecule has 1 amide bonds. The Kier molecular flexibility index (Phi) is 5.09. The quantitative estimate of drug-likeness (QED) is 0.394. The second kappa shape index (κ2) is 8.35. The van der Waals surface area contributed by atoms with E-state index in [1.54, 1.807) is 0 Å². The van der Waals surface area contributed by atoms with Crippen molar-refractivity contribution in [2.24, 2.45) is 5.73 Å². The average molecular weight is 420 g/mol. The van der Waals surface area contributed by atoms with Crippen molar-refractivity contribution in [3.8, 4) is 22.5 Å². The van der Waals surface area contributed by atoms with Crippen molar-refractivity contribution in [3.05, 3.63) is 103 Å². The maximum atomic E-state index is 12.3. The van der Waals surface area contributed by atoms with Crippen LogP contribution in [0.3, 0.4) is 0 Å². The van der Waals surface area contributed by atoms with Crippen LogP contribution in [-0.4, -0.2) is 15.9 Å². The first-order chi connectivity index (χ1) is 15.7. The highest BCUT2D eigenvalue weighted by Gasteiger charge is 2.25. The van der Waals surface area contributed by atoms with Gasteiger partial charge >= 0.3 is 0 Å². The monoisotopic (exact) mass is 420 g/mol. The van der Waals surface area contributed by atoms with Crippen LogP contribution in [0.4, 0.5) is 5.82 Å². The molecule has 0 aliphatic heterocycles. The molecule has 2 heterocycles. The number of nitrogens with two attached hydrogens (primary N) is 1. The summed E-state index contributed by atoms with van der Waals surface area (Å²) in [6.07, 6.45) is 1.42. The molecule has 0 saturated heterocycles. The first kappa shape index (κ1) is 19.5. The fraction of sp³-hybridized carbons (Fsp3) is 0.0385. The van der Waals surface area contributed by atoms with Gasteiger partial charge in [-0.2, -0.15) is 0 Å². The summed E-state index contributed by atoms with van der Waals surface area (Å²) >= 11 is 0. The molecule has 0 radical (unpaired) electrons. The van der Waals surface area contributed by atoms with E-state index < -0.39 is 11.9 Å². The van der Waals surface area contributed by atoms with Gasteiger partial charge in [-0.25, -0.2) is 9.97 Å². The zero-order chi connectivity index (χ0) is 21.9. The summed E-state index contributed by atoms with van der Waals surface area (Å²) in [5.74, 6) is 0.661. The van der Waals surface area contributed by atoms with Gasteiger partial charge in [-0.3, -0.25) is 4.79 Å². The molecule has 156 valence electrons. The third kappa shape index (κ3) is 3.58. The van der Waals surface area contributed by atoms with E-state index in [1.165, 1.54) is 6.33 Å². The summed E-state index contributed by atoms with van der Waals surface area (Å²) < 4.78 is 6.22. The first-order valence-corrected chi connectivity index (χ1v) is 10.2. The summed E-state index contributed by atoms with van der Waals surface area (Å²) in [6.45, 7) is 0. The van der Waals surface area contributed by atoms with E-state index in [2.05, 4.69) is 15.3 Å². The molecule has 0 unspecified atom stereocenters. The molecule has 6 nitrogen and oxygen atoms in total. The molecule has 0 fully saturated rings. The fourth-order valence-electron chi connectivity index (χ4n) is 3.82. The van der Waals surface area contributed by atoms with Crippen LogP contribution < -0.4 is 11.1 Å². The minimum atomic E-state index is -0.756. The van der Waals surface area contributed by atoms with E-state index in [4.69, 9.17) is 10.2 Å². The molecule has 5 rings (SSSR count). The average Bonchev–Trinajstić information content (AvgIpc) is 3.24. The first-order valence-electron chi connectivity index (χ1n) is 10.2. The van der Waals surface area contributed by atoms with Gasteiger partial charge in [-0.05, 0) is 11.1 Å². The van der Waals surface area contributed by atoms with Crippen LogP contribution in [-0.2, 0) is 4.79 Å². The van der Waals surface area contributed by atoms with Gasteiger partial charge in [0.1, 0.15) is 23.9 Å². The number of hydrogen-bond donors (Lipinski definition) is 2. The van der Waals surface area contributed by atoms with E-state index in [1.807, 2.05) is 91.0 Å². The topological polar surface area (TPSA) is 94.0 Å². The number of aromatic nitrogens is 2. The van der Waals surface area contributed by atoms with Crippen LogP contribution in [0.25, 0.3) is 33.6 Å². The third-order valence-corrected chi connectivity index (χ3v) is 5.29. The van der Waals surface area contributed by atoms with E-state index in [0.717, 1.165) is 22.3 Å². The number of rotatable bonds is 6. The minimum absolute atomic E-state index is 0.427. The lowest BCUT2D eigenvalue weighted by Crippen LogP contribution is -2.28. The number of anilines is 1. The van der Waals surface area contributed by atoms with E-state index >= 15 is 0 Å². The predicted molar refractivity (Wildman–Crippen MR) is 125 cm³/mol. The van der Waals surface area contributed by atoms with Crippen molar-refractivity contribution in [1.29, 1.82) is 0 Å². The van der Waals surface area contributed by atoms with Crippen molar-refractivity contribution in [1.82, 2.24) is 9.97 Å². The highest BCUT2D eigenvalue weighted by atomic mass is 16.3. The molecule has 2 aromatic heterocycles. The second-order valence-electron chi connectivity index (χ2n) is 7.33. The normalized spacial score (nSPS) is 11.9. The van der Waals surface area contributed by atoms with Crippen LogP contribution in [0.5, 0.6) is 0 Å². The van der Waals surface area contributed by atoms with Gasteiger partial charge in [-0.15, -0.1) is 0 Å². The molecule has 3 N–H and O–H groups in total. The Bertz CT molecular complexity index is 1370. The van der Waals surface area contributed by atoms with Crippen LogP contribution in [0, 0.1) is 0 Å². The smallest absolute Gasteiger partial charge is 0.244 e. The zero-order valence-corrected chi connectivity index (χ0v) is 17.1. The maximum absolute atomic E-state index is 12.3. The van der Waals surface area contributed by atoms with Crippen molar-refractivity contribution in [3.63, 3.8) is 0 Å². The van der Waals surface area contributed by atoms with Gasteiger partial charge < -0.3 is 15.5 Å². The summed E-state index contributed by atoms with van der Waals surface area (Å²) in [7, 11) is 0. The summed E-state index contributed by atoms with van der Waals surface area (Å²) in [5, 5.41) is 3.92. The Labute approximate surface area is 184 Å². The van der Waals surface area contributed by atoms with Crippen LogP contribution in [0.15, 0.2) is 102 Å². The summed E-state index contributed by atoms with van der Waals surface area (Å²) in [4.78, 5) is 21.1. The molecule has 0 saturated carbocycles. The fourth-order valence-corrected chi connectivity index (χ4v) is 3.82. The van der Waals surface area contributed by atoms with Crippen molar-refractivity contribution in [2.45, 2.75) is 6.04 Å². The lowest BCUT2D eigenvalue weighted by molar-refractivity contribution is -0.118. The van der Waals surface area contributed by atoms with Crippen LogP contribution in [0.1, 0.15) is 11.6 Å². The van der Waals surface area contributed by atoms with Crippen LogP contribution in [0.2, 0.25) is 0 Å². The van der Waals surface area contributed by atoms with Gasteiger partial charge in [0.25, 0.3) is 0 Å². The molecular weight excluding hydrogens is 400 g/mol. The number of carbonyl (C=O) groups excluding carboxylic acids is 1. The Morgan fingerprint density at radius 1 is 0.812 bits per heavy atom. The summed E-state index contributed by atoms with van der Waals surface area (Å²) in [5.41, 5.74) is 9.65. The van der Waals surface area contributed by atoms with Crippen molar-refractivity contribution < 1.29 is 9.21 Å². The molecule has 3 aromatic carbocycles. The highest BCUT2D eigenvalue weighted by Crippen LogP contribution is 2.42. The second-order valence-corrected chi connectivity index (χ2v) is 7.33. The Balaban J connectivity index is 1.73. The van der Waals surface area contributed by atoms with E-state index in [0.29, 0.717) is 22.7 Å². The number of fused-ring (bicyclic) bond motifs is 1. The van der Waals surface area contributed by atoms with Gasteiger partial charge in [-0.1, -0.05) is 91.0 Å². The van der Waals surface area contributed by atoms with Crippen molar-refractivity contribution in [2.75, 3.05) is 5.32 Å². The summed E-state index contributed by atoms with van der Waals surface area (Å²) in [6, 6.07) is 28.3. The molecule has 0 aliphatic carbocycles. The molecule has 0 spiro atoms. The maximum Gasteiger partial charge on any atom is 0.244 e. The third-order valence-electron chi connectivity index (χ3n) is 5.29. The Morgan fingerprint density at radius 2 is 1.41 bits per heavy atom. The molecule has 32 heavy (non-hydrogen) atoms. The number of nitrogens with zero attached hydrogens (tertiary/aromatic N) is 2. The predicted octanol–water partition coefficient (Wildman–Crippen LogP) is 5.20. The zero-order valence-electron chi connectivity index (χ0n) is 17.1. The number of nitrogens with one attached hydrogen (secondary N) is 1. The molecule has 5 aromatic rings. The lowest BCUT2D eigenvalue weighted by Gasteiger charge is -2.17. The number of hydrogen-bond acceptors (Lipinski definition) is 5. The molecule has 1 atom stereocenters. The van der Waals surface area contributed by atoms with E-state index in [-0.39, 0.29) is 0 Å². The molecule has 6 heteroatoms. The number of benzene rings is 3. The largest absolute Gasteiger partial charge is 0.437 e. The minimum Gasteiger partial charge on any atom is -0.437 e. The van der Waals surface area contributed by atoms with Gasteiger partial charge in [0.05, 0.1) is 5.39 Å². The highest BCUT2D eigenvalue weighted by molar-refractivity contribution is 6.06. The van der Waals surface area contributed by atoms with Gasteiger partial charge in [0.15, 0.2) is 0 Å².